The Morgan fingerprint density at radius 3 is 2.35 bits per heavy atom. The minimum Gasteiger partial charge on any atom is -0.507 e. The lowest BCUT2D eigenvalue weighted by Crippen LogP contribution is -2.29. The Labute approximate surface area is 249 Å². The van der Waals surface area contributed by atoms with Crippen LogP contribution in [0.2, 0.25) is 0 Å². The molecular weight excluding hydrogens is 574 g/mol. The van der Waals surface area contributed by atoms with Gasteiger partial charge < -0.3 is 14.6 Å². The number of aromatic nitrogens is 1. The van der Waals surface area contributed by atoms with Crippen LogP contribution >= 0.6 is 11.3 Å². The van der Waals surface area contributed by atoms with Gasteiger partial charge in [0.05, 0.1) is 28.8 Å². The molecule has 3 aromatic carbocycles. The van der Waals surface area contributed by atoms with E-state index in [1.165, 1.54) is 24.3 Å². The number of non-ortho nitro benzene ring substituents is 1. The van der Waals surface area contributed by atoms with Crippen molar-refractivity contribution in [3.05, 3.63) is 122 Å². The molecule has 12 heteroatoms. The molecule has 1 aliphatic heterocycles. The largest absolute Gasteiger partial charge is 0.507 e. The number of nitrogens with zero attached hydrogens (tertiary/aromatic N) is 3. The Bertz CT molecular complexity index is 1730. The summed E-state index contributed by atoms with van der Waals surface area (Å²) in [5.74, 6) is -2.50. The van der Waals surface area contributed by atoms with Gasteiger partial charge in [-0.15, -0.1) is 0 Å². The van der Waals surface area contributed by atoms with E-state index in [4.69, 9.17) is 9.47 Å². The standard InChI is InChI=1S/C31H25N3O8S/c1-3-41-30(38)28-18(2)32-31(43-28)33-25(20-9-13-22(14-10-20)34(39)40)24(27(36)29(33)37)26(35)21-11-15-23(16-12-21)42-17-19-7-5-4-6-8-19/h4-16,25,35H,3,17H2,1-2H3/b26-24+. The van der Waals surface area contributed by atoms with Crippen molar-refractivity contribution in [2.75, 3.05) is 11.5 Å². The number of hydrogen-bond donors (Lipinski definition) is 1. The predicted octanol–water partition coefficient (Wildman–Crippen LogP) is 5.74. The molecule has 0 aliphatic carbocycles. The minimum absolute atomic E-state index is 0.0368. The number of aryl methyl sites for hydroxylation is 1. The molecular formula is C31H25N3O8S. The van der Waals surface area contributed by atoms with Crippen LogP contribution in [0.5, 0.6) is 5.75 Å². The molecule has 0 saturated carbocycles. The second-order valence-corrected chi connectivity index (χ2v) is 10.4. The summed E-state index contributed by atoms with van der Waals surface area (Å²) >= 11 is 0.870. The average Bonchev–Trinajstić information content (AvgIpc) is 3.52. The zero-order valence-electron chi connectivity index (χ0n) is 23.1. The Kier molecular flexibility index (Phi) is 8.30. The van der Waals surface area contributed by atoms with Crippen LogP contribution in [-0.2, 0) is 20.9 Å². The summed E-state index contributed by atoms with van der Waals surface area (Å²) in [6, 6.07) is 20.1. The quantitative estimate of drug-likeness (QED) is 0.0634. The molecule has 0 radical (unpaired) electrons. The van der Waals surface area contributed by atoms with Crippen molar-refractivity contribution in [2.24, 2.45) is 0 Å². The van der Waals surface area contributed by atoms with Crippen LogP contribution in [0.25, 0.3) is 5.76 Å². The van der Waals surface area contributed by atoms with Crippen LogP contribution in [0.1, 0.15) is 45.0 Å². The van der Waals surface area contributed by atoms with Crippen molar-refractivity contribution in [3.63, 3.8) is 0 Å². The highest BCUT2D eigenvalue weighted by Crippen LogP contribution is 2.44. The maximum absolute atomic E-state index is 13.5. The van der Waals surface area contributed by atoms with E-state index in [-0.39, 0.29) is 33.4 Å². The van der Waals surface area contributed by atoms with Gasteiger partial charge in [0, 0.05) is 17.7 Å². The Morgan fingerprint density at radius 2 is 1.72 bits per heavy atom. The maximum Gasteiger partial charge on any atom is 0.350 e. The number of hydrogen-bond acceptors (Lipinski definition) is 10. The number of esters is 1. The van der Waals surface area contributed by atoms with E-state index < -0.39 is 34.4 Å². The van der Waals surface area contributed by atoms with Gasteiger partial charge in [-0.3, -0.25) is 24.6 Å². The first-order valence-electron chi connectivity index (χ1n) is 13.2. The number of Topliss-reactive ketones (excluding diaryl/α,β-unsaturated/α-hetero) is 1. The Morgan fingerprint density at radius 1 is 1.05 bits per heavy atom. The van der Waals surface area contributed by atoms with E-state index in [1.54, 1.807) is 38.1 Å². The predicted molar refractivity (Wildman–Crippen MR) is 158 cm³/mol. The van der Waals surface area contributed by atoms with Gasteiger partial charge in [0.1, 0.15) is 23.0 Å². The fourth-order valence-corrected chi connectivity index (χ4v) is 5.59. The lowest BCUT2D eigenvalue weighted by Gasteiger charge is -2.23. The fourth-order valence-electron chi connectivity index (χ4n) is 4.60. The first-order valence-corrected chi connectivity index (χ1v) is 14.0. The third-order valence-corrected chi connectivity index (χ3v) is 7.83. The first-order chi connectivity index (χ1) is 20.7. The highest BCUT2D eigenvalue weighted by Gasteiger charge is 2.48. The average molecular weight is 600 g/mol. The van der Waals surface area contributed by atoms with E-state index >= 15 is 0 Å². The molecule has 43 heavy (non-hydrogen) atoms. The minimum atomic E-state index is -1.18. The zero-order chi connectivity index (χ0) is 30.7. The smallest absolute Gasteiger partial charge is 0.350 e. The lowest BCUT2D eigenvalue weighted by molar-refractivity contribution is -0.384. The van der Waals surface area contributed by atoms with Crippen LogP contribution < -0.4 is 9.64 Å². The molecule has 1 atom stereocenters. The monoisotopic (exact) mass is 599 g/mol. The number of nitro groups is 1. The molecule has 218 valence electrons. The SMILES string of the molecule is CCOC(=O)c1sc(N2C(=O)C(=O)/C(=C(/O)c3ccc(OCc4ccccc4)cc3)C2c2ccc([N+](=O)[O-])cc2)nc1C. The van der Waals surface area contributed by atoms with Crippen molar-refractivity contribution in [3.8, 4) is 5.75 Å². The molecule has 2 heterocycles. The van der Waals surface area contributed by atoms with Crippen LogP contribution in [0.4, 0.5) is 10.8 Å². The summed E-state index contributed by atoms with van der Waals surface area (Å²) in [5, 5.41) is 22.7. The van der Waals surface area contributed by atoms with Gasteiger partial charge in [-0.25, -0.2) is 9.78 Å². The third kappa shape index (κ3) is 5.86. The maximum atomic E-state index is 13.5. The molecule has 11 nitrogen and oxygen atoms in total. The van der Waals surface area contributed by atoms with Gasteiger partial charge >= 0.3 is 11.9 Å². The zero-order valence-corrected chi connectivity index (χ0v) is 23.9. The molecule has 1 amide bonds. The molecule has 1 N–H and O–H groups in total. The summed E-state index contributed by atoms with van der Waals surface area (Å²) < 4.78 is 10.9. The highest BCUT2D eigenvalue weighted by atomic mass is 32.1. The van der Waals surface area contributed by atoms with Crippen LogP contribution in [0.15, 0.2) is 84.4 Å². The van der Waals surface area contributed by atoms with Gasteiger partial charge in [-0.1, -0.05) is 41.7 Å². The number of aliphatic hydroxyl groups excluding tert-OH is 1. The van der Waals surface area contributed by atoms with Crippen molar-refractivity contribution >= 4 is 45.6 Å². The number of nitro benzene ring substituents is 1. The van der Waals surface area contributed by atoms with E-state index in [0.29, 0.717) is 23.6 Å². The number of anilines is 1. The van der Waals surface area contributed by atoms with Gasteiger partial charge in [0.2, 0.25) is 0 Å². The Balaban J connectivity index is 1.55. The summed E-state index contributed by atoms with van der Waals surface area (Å²) in [6.07, 6.45) is 0. The molecule has 0 bridgehead atoms. The number of aliphatic hydroxyl groups is 1. The molecule has 0 spiro atoms. The van der Waals surface area contributed by atoms with Crippen molar-refractivity contribution < 1.29 is 33.9 Å². The lowest BCUT2D eigenvalue weighted by atomic mass is 9.95. The molecule has 1 fully saturated rings. The summed E-state index contributed by atoms with van der Waals surface area (Å²) in [5.41, 5.74) is 1.41. The third-order valence-electron chi connectivity index (χ3n) is 6.69. The summed E-state index contributed by atoms with van der Waals surface area (Å²) in [4.78, 5) is 55.7. The van der Waals surface area contributed by atoms with E-state index in [1.807, 2.05) is 30.3 Å². The van der Waals surface area contributed by atoms with E-state index in [2.05, 4.69) is 4.98 Å². The number of carbonyl (C=O) groups excluding carboxylic acids is 3. The normalized spacial score (nSPS) is 15.9. The van der Waals surface area contributed by atoms with Gasteiger partial charge in [0.15, 0.2) is 5.13 Å². The summed E-state index contributed by atoms with van der Waals surface area (Å²) in [7, 11) is 0. The Hall–Kier alpha value is -5.36. The number of rotatable bonds is 9. The number of thiazole rings is 1. The molecule has 1 unspecified atom stereocenters. The first kappa shape index (κ1) is 29.1. The molecule has 1 aromatic heterocycles. The highest BCUT2D eigenvalue weighted by molar-refractivity contribution is 7.17. The topological polar surface area (TPSA) is 149 Å². The second kappa shape index (κ2) is 12.2. The van der Waals surface area contributed by atoms with Gasteiger partial charge in [-0.2, -0.15) is 0 Å². The van der Waals surface area contributed by atoms with Crippen molar-refractivity contribution in [1.29, 1.82) is 0 Å². The number of benzene rings is 3. The summed E-state index contributed by atoms with van der Waals surface area (Å²) in [6.45, 7) is 3.70. The van der Waals surface area contributed by atoms with E-state index in [9.17, 15) is 29.6 Å². The number of amides is 1. The molecule has 5 rings (SSSR count). The molecule has 4 aromatic rings. The number of ether oxygens (including phenoxy) is 2. The molecule has 1 saturated heterocycles. The van der Waals surface area contributed by atoms with Crippen LogP contribution in [0.3, 0.4) is 0 Å². The van der Waals surface area contributed by atoms with Crippen LogP contribution in [-0.4, -0.2) is 39.3 Å². The number of carbonyl (C=O) groups is 3. The van der Waals surface area contributed by atoms with Gasteiger partial charge in [-0.05, 0) is 61.4 Å². The number of ketones is 1. The van der Waals surface area contributed by atoms with E-state index in [0.717, 1.165) is 21.8 Å². The van der Waals surface area contributed by atoms with Crippen LogP contribution in [0, 0.1) is 17.0 Å². The van der Waals surface area contributed by atoms with Crippen molar-refractivity contribution in [1.82, 2.24) is 4.98 Å². The molecule has 1 aliphatic rings. The fraction of sp³-hybridized carbons (Fsp3) is 0.161. The van der Waals surface area contributed by atoms with Gasteiger partial charge in [0.25, 0.3) is 11.5 Å². The van der Waals surface area contributed by atoms with Crippen molar-refractivity contribution in [2.45, 2.75) is 26.5 Å². The second-order valence-electron chi connectivity index (χ2n) is 9.45.